The number of benzene rings is 2. The molecule has 1 amide bonds. The summed E-state index contributed by atoms with van der Waals surface area (Å²) in [6.45, 7) is 0. The van der Waals surface area contributed by atoms with Gasteiger partial charge >= 0.3 is 0 Å². The van der Waals surface area contributed by atoms with Crippen molar-refractivity contribution >= 4 is 17.5 Å². The number of amides is 1. The van der Waals surface area contributed by atoms with Gasteiger partial charge in [0.1, 0.15) is 6.04 Å². The topological polar surface area (TPSA) is 55.1 Å². The van der Waals surface area contributed by atoms with Crippen LogP contribution in [-0.2, 0) is 11.2 Å². The van der Waals surface area contributed by atoms with Crippen molar-refractivity contribution in [2.75, 3.05) is 0 Å². The molecule has 4 heteroatoms. The van der Waals surface area contributed by atoms with Crippen LogP contribution >= 0.6 is 11.6 Å². The van der Waals surface area contributed by atoms with Gasteiger partial charge in [0.05, 0.1) is 0 Å². The summed E-state index contributed by atoms with van der Waals surface area (Å²) >= 11 is 6.23. The summed E-state index contributed by atoms with van der Waals surface area (Å²) in [7, 11) is 0. The highest BCUT2D eigenvalue weighted by Gasteiger charge is 2.28. The van der Waals surface area contributed by atoms with Crippen LogP contribution in [0, 0.1) is 0 Å². The van der Waals surface area contributed by atoms with E-state index in [1.165, 1.54) is 11.1 Å². The maximum atomic E-state index is 11.8. The number of hydrogen-bond donors (Lipinski definition) is 2. The predicted molar refractivity (Wildman–Crippen MR) is 84.0 cm³/mol. The van der Waals surface area contributed by atoms with E-state index >= 15 is 0 Å². The normalized spacial score (nSPS) is 18.2. The van der Waals surface area contributed by atoms with Gasteiger partial charge in [0.15, 0.2) is 0 Å². The molecule has 0 spiro atoms. The fourth-order valence-electron chi connectivity index (χ4n) is 2.97. The molecule has 21 heavy (non-hydrogen) atoms. The molecular weight excluding hydrogens is 284 g/mol. The van der Waals surface area contributed by atoms with Crippen molar-refractivity contribution in [1.82, 2.24) is 5.32 Å². The van der Waals surface area contributed by atoms with Crippen LogP contribution in [0.15, 0.2) is 48.5 Å². The van der Waals surface area contributed by atoms with Gasteiger partial charge in [-0.1, -0.05) is 54.1 Å². The van der Waals surface area contributed by atoms with Crippen LogP contribution in [0.1, 0.15) is 35.2 Å². The molecule has 0 aliphatic heterocycles. The fourth-order valence-corrected chi connectivity index (χ4v) is 3.25. The molecule has 0 saturated carbocycles. The summed E-state index contributed by atoms with van der Waals surface area (Å²) in [5.74, 6) is -0.364. The van der Waals surface area contributed by atoms with Crippen molar-refractivity contribution in [3.05, 3.63) is 70.2 Å². The molecule has 3 N–H and O–H groups in total. The van der Waals surface area contributed by atoms with Crippen LogP contribution in [-0.4, -0.2) is 5.91 Å². The van der Waals surface area contributed by atoms with E-state index < -0.39 is 6.04 Å². The summed E-state index contributed by atoms with van der Waals surface area (Å²) < 4.78 is 0. The number of nitrogens with one attached hydrogen (secondary N) is 1. The Morgan fingerprint density at radius 3 is 2.67 bits per heavy atom. The first-order valence-corrected chi connectivity index (χ1v) is 7.42. The fraction of sp³-hybridized carbons (Fsp3) is 0.235. The van der Waals surface area contributed by atoms with Crippen LogP contribution in [0.4, 0.5) is 0 Å². The zero-order chi connectivity index (χ0) is 14.8. The molecule has 1 aliphatic rings. The van der Waals surface area contributed by atoms with Crippen molar-refractivity contribution in [3.63, 3.8) is 0 Å². The van der Waals surface area contributed by atoms with E-state index in [2.05, 4.69) is 11.4 Å². The van der Waals surface area contributed by atoms with Crippen LogP contribution in [0.25, 0.3) is 0 Å². The Morgan fingerprint density at radius 1 is 1.19 bits per heavy atom. The first kappa shape index (κ1) is 14.1. The van der Waals surface area contributed by atoms with Gasteiger partial charge in [-0.2, -0.15) is 0 Å². The van der Waals surface area contributed by atoms with Crippen molar-refractivity contribution < 1.29 is 4.79 Å². The molecule has 2 aromatic carbocycles. The summed E-state index contributed by atoms with van der Waals surface area (Å²) in [6, 6.07) is 15.1. The zero-order valence-electron chi connectivity index (χ0n) is 11.6. The molecule has 3 rings (SSSR count). The van der Waals surface area contributed by atoms with Crippen molar-refractivity contribution in [2.45, 2.75) is 24.9 Å². The quantitative estimate of drug-likeness (QED) is 0.911. The molecule has 108 valence electrons. The monoisotopic (exact) mass is 300 g/mol. The SMILES string of the molecule is NC(=O)[C@@H](N[C@@H]1CCc2c(Cl)cccc21)c1ccccc1. The number of carbonyl (C=O) groups is 1. The Balaban J connectivity index is 1.87. The molecule has 0 fully saturated rings. The summed E-state index contributed by atoms with van der Waals surface area (Å²) in [4.78, 5) is 11.8. The first-order chi connectivity index (χ1) is 10.2. The summed E-state index contributed by atoms with van der Waals surface area (Å²) in [6.07, 6.45) is 1.85. The number of carbonyl (C=O) groups excluding carboxylic acids is 1. The number of fused-ring (bicyclic) bond motifs is 1. The van der Waals surface area contributed by atoms with Gasteiger partial charge in [0.25, 0.3) is 0 Å². The lowest BCUT2D eigenvalue weighted by Crippen LogP contribution is -2.35. The van der Waals surface area contributed by atoms with Gasteiger partial charge in [0.2, 0.25) is 5.91 Å². The first-order valence-electron chi connectivity index (χ1n) is 7.04. The average Bonchev–Trinajstić information content (AvgIpc) is 2.90. The number of nitrogens with two attached hydrogens (primary N) is 1. The molecule has 0 heterocycles. The molecule has 0 aromatic heterocycles. The lowest BCUT2D eigenvalue weighted by Gasteiger charge is -2.21. The second-order valence-corrected chi connectivity index (χ2v) is 5.72. The number of primary amides is 1. The second kappa shape index (κ2) is 5.88. The highest BCUT2D eigenvalue weighted by atomic mass is 35.5. The Morgan fingerprint density at radius 2 is 1.95 bits per heavy atom. The third-order valence-corrected chi connectivity index (χ3v) is 4.35. The summed E-state index contributed by atoms with van der Waals surface area (Å²) in [5, 5.41) is 4.18. The lowest BCUT2D eigenvalue weighted by molar-refractivity contribution is -0.120. The molecule has 3 nitrogen and oxygen atoms in total. The minimum absolute atomic E-state index is 0.108. The Kier molecular flexibility index (Phi) is 3.95. The van der Waals surface area contributed by atoms with Crippen LogP contribution in [0.5, 0.6) is 0 Å². The van der Waals surface area contributed by atoms with Gasteiger partial charge in [0, 0.05) is 11.1 Å². The number of rotatable bonds is 4. The van der Waals surface area contributed by atoms with E-state index in [1.807, 2.05) is 42.5 Å². The maximum absolute atomic E-state index is 11.8. The summed E-state index contributed by atoms with van der Waals surface area (Å²) in [5.41, 5.74) is 8.80. The maximum Gasteiger partial charge on any atom is 0.239 e. The van der Waals surface area contributed by atoms with Crippen molar-refractivity contribution in [1.29, 1.82) is 0 Å². The van der Waals surface area contributed by atoms with E-state index in [0.717, 1.165) is 23.4 Å². The van der Waals surface area contributed by atoms with E-state index in [0.29, 0.717) is 0 Å². The number of hydrogen-bond acceptors (Lipinski definition) is 2. The Labute approximate surface area is 129 Å². The van der Waals surface area contributed by atoms with E-state index in [4.69, 9.17) is 17.3 Å². The van der Waals surface area contributed by atoms with E-state index in [-0.39, 0.29) is 11.9 Å². The van der Waals surface area contributed by atoms with Gasteiger partial charge in [-0.3, -0.25) is 10.1 Å². The van der Waals surface area contributed by atoms with Gasteiger partial charge in [-0.25, -0.2) is 0 Å². The standard InChI is InChI=1S/C17H17ClN2O/c18-14-8-4-7-13-12(14)9-10-15(13)20-16(17(19)21)11-5-2-1-3-6-11/h1-8,15-16,20H,9-10H2,(H2,19,21)/t15-,16+/m1/s1. The largest absolute Gasteiger partial charge is 0.368 e. The van der Waals surface area contributed by atoms with Crippen LogP contribution < -0.4 is 11.1 Å². The van der Waals surface area contributed by atoms with E-state index in [1.54, 1.807) is 0 Å². The molecule has 0 unspecified atom stereocenters. The van der Waals surface area contributed by atoms with E-state index in [9.17, 15) is 4.79 Å². The minimum atomic E-state index is -0.485. The van der Waals surface area contributed by atoms with Gasteiger partial charge in [-0.15, -0.1) is 0 Å². The Hall–Kier alpha value is -1.84. The molecule has 0 saturated heterocycles. The third kappa shape index (κ3) is 2.80. The highest BCUT2D eigenvalue weighted by Crippen LogP contribution is 2.36. The average molecular weight is 301 g/mol. The van der Waals surface area contributed by atoms with Crippen LogP contribution in [0.3, 0.4) is 0 Å². The molecule has 0 radical (unpaired) electrons. The second-order valence-electron chi connectivity index (χ2n) is 5.31. The molecule has 2 aromatic rings. The minimum Gasteiger partial charge on any atom is -0.368 e. The molecular formula is C17H17ClN2O. The van der Waals surface area contributed by atoms with Gasteiger partial charge in [-0.05, 0) is 35.6 Å². The predicted octanol–water partition coefficient (Wildman–Crippen LogP) is 3.14. The zero-order valence-corrected chi connectivity index (χ0v) is 12.3. The van der Waals surface area contributed by atoms with Crippen molar-refractivity contribution in [3.8, 4) is 0 Å². The van der Waals surface area contributed by atoms with Crippen LogP contribution in [0.2, 0.25) is 5.02 Å². The van der Waals surface area contributed by atoms with Crippen molar-refractivity contribution in [2.24, 2.45) is 5.73 Å². The smallest absolute Gasteiger partial charge is 0.239 e. The molecule has 1 aliphatic carbocycles. The third-order valence-electron chi connectivity index (χ3n) is 4.00. The van der Waals surface area contributed by atoms with Gasteiger partial charge < -0.3 is 5.73 Å². The molecule has 2 atom stereocenters. The lowest BCUT2D eigenvalue weighted by atomic mass is 10.0. The number of halogens is 1. The molecule has 0 bridgehead atoms. The Bertz CT molecular complexity index is 657. The highest BCUT2D eigenvalue weighted by molar-refractivity contribution is 6.31.